The fourth-order valence-corrected chi connectivity index (χ4v) is 4.53. The lowest BCUT2D eigenvalue weighted by molar-refractivity contribution is 0.0527. The SMILES string of the molecule is CCOC(=O)c1cc(-c2ccc(Cl)cc2)n(-c2cccc(S(C)(=O)=O)c2)c1-c1ccccc1F. The van der Waals surface area contributed by atoms with Gasteiger partial charge in [-0.25, -0.2) is 17.6 Å². The van der Waals surface area contributed by atoms with E-state index in [1.807, 2.05) is 0 Å². The van der Waals surface area contributed by atoms with Crippen LogP contribution in [0.5, 0.6) is 0 Å². The summed E-state index contributed by atoms with van der Waals surface area (Å²) in [4.78, 5) is 13.1. The normalized spacial score (nSPS) is 11.4. The first-order valence-corrected chi connectivity index (χ1v) is 12.7. The molecular weight excluding hydrogens is 477 g/mol. The Morgan fingerprint density at radius 3 is 2.35 bits per heavy atom. The summed E-state index contributed by atoms with van der Waals surface area (Å²) in [6.07, 6.45) is 1.11. The molecule has 0 aliphatic carbocycles. The van der Waals surface area contributed by atoms with Crippen LogP contribution in [0, 0.1) is 5.82 Å². The molecule has 0 saturated carbocycles. The van der Waals surface area contributed by atoms with E-state index in [1.54, 1.807) is 72.2 Å². The maximum absolute atomic E-state index is 15.1. The third-order valence-electron chi connectivity index (χ3n) is 5.27. The molecule has 34 heavy (non-hydrogen) atoms. The number of carbonyl (C=O) groups is 1. The molecule has 1 aromatic heterocycles. The molecular formula is C26H21ClFNO4S. The van der Waals surface area contributed by atoms with E-state index >= 15 is 4.39 Å². The average molecular weight is 498 g/mol. The number of benzene rings is 3. The second kappa shape index (κ2) is 9.44. The van der Waals surface area contributed by atoms with Gasteiger partial charge in [0, 0.05) is 22.5 Å². The molecule has 0 atom stereocenters. The van der Waals surface area contributed by atoms with Gasteiger partial charge >= 0.3 is 5.97 Å². The van der Waals surface area contributed by atoms with Gasteiger partial charge in [0.1, 0.15) is 5.82 Å². The number of sulfone groups is 1. The van der Waals surface area contributed by atoms with Crippen LogP contribution in [0.2, 0.25) is 5.02 Å². The Bertz CT molecular complexity index is 1480. The van der Waals surface area contributed by atoms with Crippen molar-refractivity contribution in [2.24, 2.45) is 0 Å². The van der Waals surface area contributed by atoms with Crippen LogP contribution in [0.3, 0.4) is 0 Å². The van der Waals surface area contributed by atoms with Crippen LogP contribution in [-0.4, -0.2) is 31.8 Å². The van der Waals surface area contributed by atoms with Gasteiger partial charge in [-0.15, -0.1) is 0 Å². The summed E-state index contributed by atoms with van der Waals surface area (Å²) in [6, 6.07) is 20.9. The number of ether oxygens (including phenoxy) is 1. The minimum Gasteiger partial charge on any atom is -0.462 e. The van der Waals surface area contributed by atoms with Crippen LogP contribution < -0.4 is 0 Å². The highest BCUT2D eigenvalue weighted by atomic mass is 35.5. The highest BCUT2D eigenvalue weighted by molar-refractivity contribution is 7.90. The molecule has 0 spiro atoms. The maximum atomic E-state index is 15.1. The zero-order chi connectivity index (χ0) is 24.5. The highest BCUT2D eigenvalue weighted by Gasteiger charge is 2.26. The van der Waals surface area contributed by atoms with E-state index in [9.17, 15) is 13.2 Å². The molecule has 5 nitrogen and oxygen atoms in total. The molecule has 0 saturated heterocycles. The number of hydrogen-bond donors (Lipinski definition) is 0. The molecule has 0 radical (unpaired) electrons. The Morgan fingerprint density at radius 2 is 1.71 bits per heavy atom. The van der Waals surface area contributed by atoms with Crippen molar-refractivity contribution in [3.63, 3.8) is 0 Å². The molecule has 0 bridgehead atoms. The largest absolute Gasteiger partial charge is 0.462 e. The lowest BCUT2D eigenvalue weighted by Gasteiger charge is -2.16. The fourth-order valence-electron chi connectivity index (χ4n) is 3.75. The van der Waals surface area contributed by atoms with Crippen molar-refractivity contribution in [2.75, 3.05) is 12.9 Å². The topological polar surface area (TPSA) is 65.4 Å². The van der Waals surface area contributed by atoms with Crippen LogP contribution in [0.25, 0.3) is 28.2 Å². The molecule has 0 N–H and O–H groups in total. The van der Waals surface area contributed by atoms with Crippen LogP contribution in [0.1, 0.15) is 17.3 Å². The molecule has 3 aromatic carbocycles. The summed E-state index contributed by atoms with van der Waals surface area (Å²) in [5, 5.41) is 0.529. The van der Waals surface area contributed by atoms with Crippen LogP contribution in [0.15, 0.2) is 83.8 Å². The summed E-state index contributed by atoms with van der Waals surface area (Å²) in [5.41, 5.74) is 2.27. The van der Waals surface area contributed by atoms with E-state index in [0.29, 0.717) is 22.0 Å². The van der Waals surface area contributed by atoms with E-state index in [2.05, 4.69) is 0 Å². The lowest BCUT2D eigenvalue weighted by atomic mass is 10.1. The summed E-state index contributed by atoms with van der Waals surface area (Å²) >= 11 is 6.07. The second-order valence-corrected chi connectivity index (χ2v) is 10.1. The average Bonchev–Trinajstić information content (AvgIpc) is 3.20. The quantitative estimate of drug-likeness (QED) is 0.298. The molecule has 174 valence electrons. The first-order chi connectivity index (χ1) is 16.2. The minimum absolute atomic E-state index is 0.0953. The van der Waals surface area contributed by atoms with E-state index in [-0.39, 0.29) is 28.3 Å². The van der Waals surface area contributed by atoms with Gasteiger partial charge in [0.2, 0.25) is 0 Å². The molecule has 0 amide bonds. The molecule has 0 unspecified atom stereocenters. The van der Waals surface area contributed by atoms with Gasteiger partial charge < -0.3 is 9.30 Å². The first-order valence-electron chi connectivity index (χ1n) is 10.4. The number of halogens is 2. The summed E-state index contributed by atoms with van der Waals surface area (Å²) in [5.74, 6) is -1.15. The van der Waals surface area contributed by atoms with Gasteiger partial charge in [-0.05, 0) is 61.0 Å². The van der Waals surface area contributed by atoms with E-state index in [0.717, 1.165) is 6.26 Å². The van der Waals surface area contributed by atoms with E-state index in [4.69, 9.17) is 16.3 Å². The molecule has 1 heterocycles. The van der Waals surface area contributed by atoms with Crippen molar-refractivity contribution in [1.29, 1.82) is 0 Å². The van der Waals surface area contributed by atoms with Gasteiger partial charge in [-0.3, -0.25) is 0 Å². The van der Waals surface area contributed by atoms with Crippen LogP contribution in [0.4, 0.5) is 4.39 Å². The van der Waals surface area contributed by atoms with E-state index in [1.165, 1.54) is 18.2 Å². The molecule has 0 aliphatic heterocycles. The fraction of sp³-hybridized carbons (Fsp3) is 0.115. The first kappa shape index (κ1) is 23.7. The standard InChI is InChI=1S/C26H21ClFNO4S/c1-3-33-26(30)22-16-24(17-11-13-18(27)14-12-17)29(25(22)21-9-4-5-10-23(21)28)19-7-6-8-20(15-19)34(2,31)32/h4-16H,3H2,1-2H3. The molecule has 0 fully saturated rings. The third kappa shape index (κ3) is 4.62. The van der Waals surface area contributed by atoms with Gasteiger partial charge in [0.05, 0.1) is 28.5 Å². The lowest BCUT2D eigenvalue weighted by Crippen LogP contribution is -2.08. The number of nitrogens with zero attached hydrogens (tertiary/aromatic N) is 1. The number of hydrogen-bond acceptors (Lipinski definition) is 4. The van der Waals surface area contributed by atoms with Gasteiger partial charge in [0.15, 0.2) is 9.84 Å². The number of esters is 1. The summed E-state index contributed by atoms with van der Waals surface area (Å²) in [6.45, 7) is 1.83. The van der Waals surface area contributed by atoms with Crippen LogP contribution in [-0.2, 0) is 14.6 Å². The number of rotatable bonds is 6. The Labute approximate surface area is 202 Å². The van der Waals surface area contributed by atoms with Crippen molar-refractivity contribution in [2.45, 2.75) is 11.8 Å². The molecule has 8 heteroatoms. The molecule has 4 rings (SSSR count). The monoisotopic (exact) mass is 497 g/mol. The second-order valence-electron chi connectivity index (χ2n) is 7.60. The highest BCUT2D eigenvalue weighted by Crippen LogP contribution is 2.38. The molecule has 4 aromatic rings. The Kier molecular flexibility index (Phi) is 6.59. The van der Waals surface area contributed by atoms with Crippen molar-refractivity contribution < 1.29 is 22.3 Å². The van der Waals surface area contributed by atoms with Crippen LogP contribution >= 0.6 is 11.6 Å². The van der Waals surface area contributed by atoms with Crippen molar-refractivity contribution in [3.8, 4) is 28.2 Å². The van der Waals surface area contributed by atoms with Crippen molar-refractivity contribution in [3.05, 3.63) is 95.3 Å². The Hall–Kier alpha value is -3.42. The zero-order valence-corrected chi connectivity index (χ0v) is 20.0. The Balaban J connectivity index is 2.13. The van der Waals surface area contributed by atoms with Crippen molar-refractivity contribution >= 4 is 27.4 Å². The predicted molar refractivity (Wildman–Crippen MR) is 131 cm³/mol. The third-order valence-corrected chi connectivity index (χ3v) is 6.63. The van der Waals surface area contributed by atoms with Gasteiger partial charge in [-0.1, -0.05) is 41.9 Å². The maximum Gasteiger partial charge on any atom is 0.340 e. The minimum atomic E-state index is -3.52. The van der Waals surface area contributed by atoms with Crippen molar-refractivity contribution in [1.82, 2.24) is 4.57 Å². The predicted octanol–water partition coefficient (Wildman–Crippen LogP) is 6.18. The number of carbonyl (C=O) groups excluding carboxylic acids is 1. The smallest absolute Gasteiger partial charge is 0.340 e. The Morgan fingerprint density at radius 1 is 1.00 bits per heavy atom. The summed E-state index contributed by atoms with van der Waals surface area (Å²) < 4.78 is 46.5. The van der Waals surface area contributed by atoms with Gasteiger partial charge in [0.25, 0.3) is 0 Å². The number of aromatic nitrogens is 1. The zero-order valence-electron chi connectivity index (χ0n) is 18.5. The molecule has 0 aliphatic rings. The van der Waals surface area contributed by atoms with E-state index < -0.39 is 21.6 Å². The summed E-state index contributed by atoms with van der Waals surface area (Å²) in [7, 11) is -3.52. The van der Waals surface area contributed by atoms with Gasteiger partial charge in [-0.2, -0.15) is 0 Å².